The zero-order valence-corrected chi connectivity index (χ0v) is 14.0. The molecule has 0 saturated heterocycles. The molecule has 5 heteroatoms. The van der Waals surface area contributed by atoms with Crippen molar-refractivity contribution < 1.29 is 9.59 Å². The van der Waals surface area contributed by atoms with Gasteiger partial charge in [0, 0.05) is 5.69 Å². The molecule has 5 nitrogen and oxygen atoms in total. The lowest BCUT2D eigenvalue weighted by Gasteiger charge is -2.18. The summed E-state index contributed by atoms with van der Waals surface area (Å²) in [5.41, 5.74) is 4.91. The van der Waals surface area contributed by atoms with E-state index in [1.807, 2.05) is 30.3 Å². The zero-order chi connectivity index (χ0) is 17.6. The number of hydrogen-bond acceptors (Lipinski definition) is 3. The Morgan fingerprint density at radius 2 is 1.54 bits per heavy atom. The Kier molecular flexibility index (Phi) is 5.47. The molecule has 24 heavy (non-hydrogen) atoms. The molecule has 0 heterocycles. The molecule has 2 amide bonds. The highest BCUT2D eigenvalue weighted by Gasteiger charge is 2.13. The summed E-state index contributed by atoms with van der Waals surface area (Å²) in [5.74, 6) is -1.58. The summed E-state index contributed by atoms with van der Waals surface area (Å²) in [4.78, 5) is 23.4. The third-order valence-corrected chi connectivity index (χ3v) is 3.39. The van der Waals surface area contributed by atoms with Crippen molar-refractivity contribution in [2.75, 3.05) is 5.32 Å². The Balaban J connectivity index is 1.89. The highest BCUT2D eigenvalue weighted by atomic mass is 16.2. The predicted octanol–water partition coefficient (Wildman–Crippen LogP) is 3.07. The molecule has 0 aliphatic heterocycles. The van der Waals surface area contributed by atoms with E-state index in [9.17, 15) is 9.59 Å². The maximum absolute atomic E-state index is 11.7. The van der Waals surface area contributed by atoms with Gasteiger partial charge in [0.2, 0.25) is 0 Å². The lowest BCUT2D eigenvalue weighted by Crippen LogP contribution is -2.32. The Bertz CT molecular complexity index is 729. The molecule has 0 unspecified atom stereocenters. The van der Waals surface area contributed by atoms with E-state index in [0.29, 0.717) is 5.69 Å². The second kappa shape index (κ2) is 7.55. The highest BCUT2D eigenvalue weighted by Crippen LogP contribution is 2.21. The molecule has 0 atom stereocenters. The van der Waals surface area contributed by atoms with E-state index in [0.717, 1.165) is 5.56 Å². The summed E-state index contributed by atoms with van der Waals surface area (Å²) in [7, 11) is 0. The summed E-state index contributed by atoms with van der Waals surface area (Å²) in [6, 6.07) is 16.6. The molecule has 2 aromatic rings. The molecule has 0 aliphatic rings. The summed E-state index contributed by atoms with van der Waals surface area (Å²) in [6.45, 7) is 6.42. The van der Waals surface area contributed by atoms with Crippen molar-refractivity contribution in [3.63, 3.8) is 0 Å². The molecule has 0 spiro atoms. The number of carbonyl (C=O) groups excluding carboxylic acids is 2. The molecular formula is C19H21N3O2. The monoisotopic (exact) mass is 323 g/mol. The number of para-hydroxylation sites is 1. The van der Waals surface area contributed by atoms with Gasteiger partial charge in [0.15, 0.2) is 0 Å². The second-order valence-corrected chi connectivity index (χ2v) is 6.39. The molecule has 0 aliphatic carbocycles. The maximum atomic E-state index is 11.7. The zero-order valence-electron chi connectivity index (χ0n) is 14.0. The van der Waals surface area contributed by atoms with E-state index in [2.05, 4.69) is 36.6 Å². The summed E-state index contributed by atoms with van der Waals surface area (Å²) < 4.78 is 0. The quantitative estimate of drug-likeness (QED) is 0.518. The summed E-state index contributed by atoms with van der Waals surface area (Å²) in [5, 5.41) is 6.30. The third kappa shape index (κ3) is 5.05. The molecular weight excluding hydrogens is 302 g/mol. The number of amides is 2. The van der Waals surface area contributed by atoms with E-state index >= 15 is 0 Å². The smallest absolute Gasteiger partial charge is 0.318 e. The van der Waals surface area contributed by atoms with Crippen LogP contribution in [0.5, 0.6) is 0 Å². The molecule has 124 valence electrons. The van der Waals surface area contributed by atoms with Crippen LogP contribution in [0.4, 0.5) is 5.69 Å². The van der Waals surface area contributed by atoms with Crippen molar-refractivity contribution in [3.05, 3.63) is 65.7 Å². The van der Waals surface area contributed by atoms with Crippen molar-refractivity contribution in [1.29, 1.82) is 0 Å². The van der Waals surface area contributed by atoms with Gasteiger partial charge in [-0.2, -0.15) is 5.10 Å². The predicted molar refractivity (Wildman–Crippen MR) is 96.0 cm³/mol. The summed E-state index contributed by atoms with van der Waals surface area (Å²) >= 11 is 0. The van der Waals surface area contributed by atoms with Gasteiger partial charge < -0.3 is 5.32 Å². The van der Waals surface area contributed by atoms with Crippen LogP contribution < -0.4 is 10.7 Å². The maximum Gasteiger partial charge on any atom is 0.329 e. The van der Waals surface area contributed by atoms with Gasteiger partial charge in [0.1, 0.15) is 0 Å². The highest BCUT2D eigenvalue weighted by molar-refractivity contribution is 6.39. The molecule has 0 fully saturated rings. The van der Waals surface area contributed by atoms with Crippen LogP contribution in [0.3, 0.4) is 0 Å². The van der Waals surface area contributed by atoms with Gasteiger partial charge in [-0.15, -0.1) is 0 Å². The Hall–Kier alpha value is -2.95. The van der Waals surface area contributed by atoms with Gasteiger partial charge in [0.25, 0.3) is 0 Å². The third-order valence-electron chi connectivity index (χ3n) is 3.39. The Morgan fingerprint density at radius 3 is 2.12 bits per heavy atom. The average molecular weight is 323 g/mol. The number of anilines is 1. The number of rotatable bonds is 3. The van der Waals surface area contributed by atoms with Gasteiger partial charge >= 0.3 is 11.8 Å². The number of nitrogens with one attached hydrogen (secondary N) is 2. The van der Waals surface area contributed by atoms with E-state index in [1.165, 1.54) is 11.8 Å². The topological polar surface area (TPSA) is 70.6 Å². The lowest BCUT2D eigenvalue weighted by molar-refractivity contribution is -0.136. The first kappa shape index (κ1) is 17.4. The molecule has 0 radical (unpaired) electrons. The average Bonchev–Trinajstić information content (AvgIpc) is 2.55. The van der Waals surface area contributed by atoms with Crippen LogP contribution in [0, 0.1) is 0 Å². The van der Waals surface area contributed by atoms with Crippen LogP contribution in [-0.2, 0) is 15.0 Å². The van der Waals surface area contributed by atoms with Crippen molar-refractivity contribution in [1.82, 2.24) is 5.43 Å². The fraction of sp³-hybridized carbons (Fsp3) is 0.211. The van der Waals surface area contributed by atoms with Gasteiger partial charge in [-0.1, -0.05) is 63.2 Å². The first-order valence-corrected chi connectivity index (χ1v) is 7.66. The van der Waals surface area contributed by atoms with Crippen LogP contribution in [0.1, 0.15) is 31.9 Å². The minimum Gasteiger partial charge on any atom is -0.318 e. The molecule has 2 rings (SSSR count). The number of carbonyl (C=O) groups is 2. The lowest BCUT2D eigenvalue weighted by atomic mass is 9.87. The molecule has 0 bridgehead atoms. The standard InChI is InChI=1S/C19H21N3O2/c1-19(2,3)15-11-9-14(10-12-15)13-20-22-18(24)17(23)21-16-7-5-4-6-8-16/h4-13H,1-3H3,(H,21,23)(H,22,24)/b20-13-. The van der Waals surface area contributed by atoms with Crippen LogP contribution >= 0.6 is 0 Å². The number of hydrazone groups is 1. The van der Waals surface area contributed by atoms with Gasteiger partial charge in [-0.25, -0.2) is 5.43 Å². The van der Waals surface area contributed by atoms with Crippen molar-refractivity contribution in [2.45, 2.75) is 26.2 Å². The van der Waals surface area contributed by atoms with Gasteiger partial charge in [-0.3, -0.25) is 9.59 Å². The first-order chi connectivity index (χ1) is 11.4. The molecule has 2 N–H and O–H groups in total. The van der Waals surface area contributed by atoms with E-state index in [1.54, 1.807) is 24.3 Å². The number of benzene rings is 2. The second-order valence-electron chi connectivity index (χ2n) is 6.39. The Labute approximate surface area is 141 Å². The first-order valence-electron chi connectivity index (χ1n) is 7.66. The summed E-state index contributed by atoms with van der Waals surface area (Å²) in [6.07, 6.45) is 1.50. The fourth-order valence-electron chi connectivity index (χ4n) is 1.99. The van der Waals surface area contributed by atoms with Crippen LogP contribution in [0.25, 0.3) is 0 Å². The van der Waals surface area contributed by atoms with Crippen LogP contribution in [0.2, 0.25) is 0 Å². The number of hydrogen-bond donors (Lipinski definition) is 2. The van der Waals surface area contributed by atoms with Crippen LogP contribution in [0.15, 0.2) is 59.7 Å². The largest absolute Gasteiger partial charge is 0.329 e. The van der Waals surface area contributed by atoms with Crippen molar-refractivity contribution in [2.24, 2.45) is 5.10 Å². The molecule has 0 aromatic heterocycles. The van der Waals surface area contributed by atoms with E-state index < -0.39 is 11.8 Å². The SMILES string of the molecule is CC(C)(C)c1ccc(/C=N\NC(=O)C(=O)Nc2ccccc2)cc1. The van der Waals surface area contributed by atoms with E-state index in [4.69, 9.17) is 0 Å². The van der Waals surface area contributed by atoms with Gasteiger partial charge in [-0.05, 0) is 28.7 Å². The number of nitrogens with zero attached hydrogens (tertiary/aromatic N) is 1. The normalized spacial score (nSPS) is 11.3. The Morgan fingerprint density at radius 1 is 0.917 bits per heavy atom. The van der Waals surface area contributed by atoms with E-state index in [-0.39, 0.29) is 5.41 Å². The van der Waals surface area contributed by atoms with Crippen molar-refractivity contribution >= 4 is 23.7 Å². The van der Waals surface area contributed by atoms with Gasteiger partial charge in [0.05, 0.1) is 6.21 Å². The van der Waals surface area contributed by atoms with Crippen LogP contribution in [-0.4, -0.2) is 18.0 Å². The van der Waals surface area contributed by atoms with Crippen molar-refractivity contribution in [3.8, 4) is 0 Å². The fourth-order valence-corrected chi connectivity index (χ4v) is 1.99. The molecule has 2 aromatic carbocycles. The molecule has 0 saturated carbocycles. The minimum absolute atomic E-state index is 0.0828. The minimum atomic E-state index is -0.818.